The summed E-state index contributed by atoms with van der Waals surface area (Å²) in [6.07, 6.45) is 0.892. The molecule has 0 unspecified atom stereocenters. The van der Waals surface area contributed by atoms with Gasteiger partial charge in [-0.15, -0.1) is 11.3 Å². The third kappa shape index (κ3) is 4.47. The molecule has 2 heterocycles. The lowest BCUT2D eigenvalue weighted by Gasteiger charge is -2.03. The molecule has 0 aliphatic carbocycles. The van der Waals surface area contributed by atoms with Crippen molar-refractivity contribution in [1.29, 1.82) is 0 Å². The predicted octanol–water partition coefficient (Wildman–Crippen LogP) is 5.70. The number of thiazole rings is 1. The Kier molecular flexibility index (Phi) is 5.38. The van der Waals surface area contributed by atoms with E-state index in [9.17, 15) is 0 Å². The summed E-state index contributed by atoms with van der Waals surface area (Å²) in [6.45, 7) is 0.802. The number of hydrogen-bond donors (Lipinski definition) is 2. The number of rotatable bonds is 6. The molecule has 4 rings (SSSR count). The number of nitrogens with one attached hydrogen (secondary N) is 1. The SMILES string of the molecule is NC(=Nc1ccc2nc(NCCc3cccc(Cl)c3)sc2c1)c1cccs1. The zero-order chi connectivity index (χ0) is 18.6. The van der Waals surface area contributed by atoms with Crippen LogP contribution in [0, 0.1) is 0 Å². The van der Waals surface area contributed by atoms with E-state index in [1.807, 2.05) is 53.9 Å². The Labute approximate surface area is 170 Å². The highest BCUT2D eigenvalue weighted by atomic mass is 35.5. The molecule has 4 aromatic rings. The molecule has 0 saturated heterocycles. The number of aliphatic imine (C=N–C) groups is 1. The number of nitrogens with zero attached hydrogens (tertiary/aromatic N) is 2. The molecule has 27 heavy (non-hydrogen) atoms. The van der Waals surface area contributed by atoms with Crippen molar-refractivity contribution in [3.63, 3.8) is 0 Å². The number of halogens is 1. The number of aromatic nitrogens is 1. The minimum Gasteiger partial charge on any atom is -0.383 e. The molecular weight excluding hydrogens is 396 g/mol. The van der Waals surface area contributed by atoms with Crippen molar-refractivity contribution >= 4 is 61.1 Å². The van der Waals surface area contributed by atoms with Crippen LogP contribution in [0.1, 0.15) is 10.4 Å². The van der Waals surface area contributed by atoms with Crippen LogP contribution in [0.4, 0.5) is 10.8 Å². The zero-order valence-electron chi connectivity index (χ0n) is 14.4. The Morgan fingerprint density at radius 3 is 2.89 bits per heavy atom. The molecule has 0 radical (unpaired) electrons. The van der Waals surface area contributed by atoms with Gasteiger partial charge in [-0.3, -0.25) is 0 Å². The lowest BCUT2D eigenvalue weighted by Crippen LogP contribution is -2.10. The average molecular weight is 413 g/mol. The van der Waals surface area contributed by atoms with Crippen molar-refractivity contribution in [3.05, 3.63) is 75.4 Å². The van der Waals surface area contributed by atoms with Crippen LogP contribution in [-0.4, -0.2) is 17.4 Å². The predicted molar refractivity (Wildman–Crippen MR) is 118 cm³/mol. The molecule has 0 fully saturated rings. The van der Waals surface area contributed by atoms with E-state index in [0.29, 0.717) is 5.84 Å². The zero-order valence-corrected chi connectivity index (χ0v) is 16.7. The maximum Gasteiger partial charge on any atom is 0.183 e. The van der Waals surface area contributed by atoms with Crippen molar-refractivity contribution < 1.29 is 0 Å². The van der Waals surface area contributed by atoms with Crippen LogP contribution < -0.4 is 11.1 Å². The normalized spacial score (nSPS) is 11.8. The Morgan fingerprint density at radius 2 is 2.07 bits per heavy atom. The first-order valence-corrected chi connectivity index (χ1v) is 10.5. The largest absolute Gasteiger partial charge is 0.383 e. The van der Waals surface area contributed by atoms with Crippen LogP contribution in [0.5, 0.6) is 0 Å². The summed E-state index contributed by atoms with van der Waals surface area (Å²) in [6, 6.07) is 17.8. The van der Waals surface area contributed by atoms with Gasteiger partial charge in [0.2, 0.25) is 0 Å². The van der Waals surface area contributed by atoms with E-state index in [4.69, 9.17) is 17.3 Å². The van der Waals surface area contributed by atoms with Crippen LogP contribution in [0.3, 0.4) is 0 Å². The summed E-state index contributed by atoms with van der Waals surface area (Å²) in [5.41, 5.74) is 9.08. The van der Waals surface area contributed by atoms with Gasteiger partial charge in [-0.05, 0) is 53.8 Å². The number of fused-ring (bicyclic) bond motifs is 1. The van der Waals surface area contributed by atoms with Gasteiger partial charge in [0.05, 0.1) is 20.8 Å². The first-order chi connectivity index (χ1) is 13.2. The third-order valence-corrected chi connectivity index (χ3v) is 6.08. The minimum atomic E-state index is 0.536. The van der Waals surface area contributed by atoms with Crippen molar-refractivity contribution in [2.75, 3.05) is 11.9 Å². The Balaban J connectivity index is 1.45. The van der Waals surface area contributed by atoms with Gasteiger partial charge in [-0.1, -0.05) is 41.1 Å². The number of benzene rings is 2. The highest BCUT2D eigenvalue weighted by molar-refractivity contribution is 7.22. The lowest BCUT2D eigenvalue weighted by molar-refractivity contribution is 1.02. The Bertz CT molecular complexity index is 1090. The van der Waals surface area contributed by atoms with Crippen LogP contribution in [0.2, 0.25) is 5.02 Å². The highest BCUT2D eigenvalue weighted by Crippen LogP contribution is 2.29. The summed E-state index contributed by atoms with van der Waals surface area (Å²) in [7, 11) is 0. The summed E-state index contributed by atoms with van der Waals surface area (Å²) in [4.78, 5) is 10.1. The topological polar surface area (TPSA) is 63.3 Å². The summed E-state index contributed by atoms with van der Waals surface area (Å²) < 4.78 is 1.08. The molecule has 0 aliphatic heterocycles. The van der Waals surface area contributed by atoms with Crippen molar-refractivity contribution in [3.8, 4) is 0 Å². The summed E-state index contributed by atoms with van der Waals surface area (Å²) >= 11 is 9.23. The van der Waals surface area contributed by atoms with Gasteiger partial charge in [0.25, 0.3) is 0 Å². The van der Waals surface area contributed by atoms with Gasteiger partial charge in [0, 0.05) is 11.6 Å². The second kappa shape index (κ2) is 8.08. The van der Waals surface area contributed by atoms with E-state index in [0.717, 1.165) is 43.9 Å². The third-order valence-electron chi connectivity index (χ3n) is 3.97. The van der Waals surface area contributed by atoms with Crippen molar-refractivity contribution in [1.82, 2.24) is 4.98 Å². The molecule has 2 aromatic heterocycles. The lowest BCUT2D eigenvalue weighted by atomic mass is 10.1. The van der Waals surface area contributed by atoms with Crippen molar-refractivity contribution in [2.24, 2.45) is 10.7 Å². The van der Waals surface area contributed by atoms with E-state index in [2.05, 4.69) is 21.4 Å². The van der Waals surface area contributed by atoms with Gasteiger partial charge in [0.15, 0.2) is 5.13 Å². The van der Waals surface area contributed by atoms with Crippen LogP contribution in [0.15, 0.2) is 65.0 Å². The molecule has 0 spiro atoms. The second-order valence-electron chi connectivity index (χ2n) is 5.95. The molecule has 0 bridgehead atoms. The Morgan fingerprint density at radius 1 is 1.15 bits per heavy atom. The average Bonchev–Trinajstić information content (AvgIpc) is 3.31. The molecule has 7 heteroatoms. The van der Waals surface area contributed by atoms with Gasteiger partial charge in [-0.2, -0.15) is 0 Å². The molecular formula is C20H17ClN4S2. The van der Waals surface area contributed by atoms with Crippen molar-refractivity contribution in [2.45, 2.75) is 6.42 Å². The highest BCUT2D eigenvalue weighted by Gasteiger charge is 2.06. The molecule has 0 saturated carbocycles. The number of hydrogen-bond acceptors (Lipinski definition) is 5. The van der Waals surface area contributed by atoms with E-state index in [-0.39, 0.29) is 0 Å². The summed E-state index contributed by atoms with van der Waals surface area (Å²) in [5.74, 6) is 0.536. The molecule has 4 nitrogen and oxygen atoms in total. The summed E-state index contributed by atoms with van der Waals surface area (Å²) in [5, 5.41) is 7.05. The number of amidine groups is 1. The van der Waals surface area contributed by atoms with E-state index >= 15 is 0 Å². The fourth-order valence-corrected chi connectivity index (χ4v) is 4.45. The first kappa shape index (κ1) is 18.0. The first-order valence-electron chi connectivity index (χ1n) is 8.44. The van der Waals surface area contributed by atoms with Crippen LogP contribution in [0.25, 0.3) is 10.2 Å². The maximum atomic E-state index is 6.08. The smallest absolute Gasteiger partial charge is 0.183 e. The second-order valence-corrected chi connectivity index (χ2v) is 8.37. The quantitative estimate of drug-likeness (QED) is 0.315. The van der Waals surface area contributed by atoms with Gasteiger partial charge < -0.3 is 11.1 Å². The van der Waals surface area contributed by atoms with E-state index < -0.39 is 0 Å². The van der Waals surface area contributed by atoms with Crippen LogP contribution >= 0.6 is 34.3 Å². The van der Waals surface area contributed by atoms with Gasteiger partial charge in [-0.25, -0.2) is 9.98 Å². The van der Waals surface area contributed by atoms with Gasteiger partial charge in [0.1, 0.15) is 5.84 Å². The molecule has 0 amide bonds. The number of nitrogens with two attached hydrogens (primary N) is 1. The molecule has 0 atom stereocenters. The molecule has 136 valence electrons. The standard InChI is InChI=1S/C20H17ClN4S2/c21-14-4-1-3-13(11-14)8-9-23-20-25-16-7-6-15(12-18(16)27-20)24-19(22)17-5-2-10-26-17/h1-7,10-12H,8-9H2,(H2,22,24)(H,23,25). The maximum absolute atomic E-state index is 6.08. The van der Waals surface area contributed by atoms with E-state index in [1.54, 1.807) is 22.7 Å². The molecule has 2 aromatic carbocycles. The number of anilines is 1. The van der Waals surface area contributed by atoms with E-state index in [1.165, 1.54) is 5.56 Å². The number of thiophene rings is 1. The Hall–Kier alpha value is -2.41. The van der Waals surface area contributed by atoms with Gasteiger partial charge >= 0.3 is 0 Å². The van der Waals surface area contributed by atoms with Crippen LogP contribution in [-0.2, 0) is 6.42 Å². The molecule has 3 N–H and O–H groups in total. The fraction of sp³-hybridized carbons (Fsp3) is 0.100. The monoisotopic (exact) mass is 412 g/mol. The molecule has 0 aliphatic rings. The minimum absolute atomic E-state index is 0.536. The fourth-order valence-electron chi connectivity index (χ4n) is 2.68.